The van der Waals surface area contributed by atoms with Gasteiger partial charge in [0.15, 0.2) is 5.96 Å². The summed E-state index contributed by atoms with van der Waals surface area (Å²) in [4.78, 5) is 13.9. The fraction of sp³-hybridized carbons (Fsp3) is 0.412. The lowest BCUT2D eigenvalue weighted by Crippen LogP contribution is -2.42. The molecule has 0 aliphatic heterocycles. The molecule has 2 aromatic rings. The van der Waals surface area contributed by atoms with Crippen LogP contribution in [0.25, 0.3) is 11.3 Å². The molecular weight excluding hydrogens is 479 g/mol. The number of guanidine groups is 1. The Hall–Kier alpha value is -1.66. The number of halogens is 1. The first kappa shape index (κ1) is 23.4. The van der Waals surface area contributed by atoms with Crippen molar-refractivity contribution in [3.8, 4) is 11.3 Å². The van der Waals surface area contributed by atoms with E-state index in [2.05, 4.69) is 25.0 Å². The lowest BCUT2D eigenvalue weighted by atomic mass is 10.2. The van der Waals surface area contributed by atoms with Crippen molar-refractivity contribution in [2.45, 2.75) is 13.5 Å². The first-order chi connectivity index (χ1) is 12.4. The predicted molar refractivity (Wildman–Crippen MR) is 120 cm³/mol. The Kier molecular flexibility index (Phi) is 9.74. The highest BCUT2D eigenvalue weighted by molar-refractivity contribution is 14.0. The minimum absolute atomic E-state index is 0. The molecule has 0 bridgehead atoms. The maximum atomic E-state index is 11.4. The van der Waals surface area contributed by atoms with E-state index in [0.29, 0.717) is 25.6 Å². The summed E-state index contributed by atoms with van der Waals surface area (Å²) >= 11 is 0. The SMILES string of the molecule is CCS(=O)(=O)NCCNC(=NC)N(C)Cc1ncc(-c2ccccc2)[nH]1.I. The Morgan fingerprint density at radius 2 is 1.96 bits per heavy atom. The van der Waals surface area contributed by atoms with Crippen molar-refractivity contribution in [2.24, 2.45) is 4.99 Å². The maximum Gasteiger partial charge on any atom is 0.211 e. The highest BCUT2D eigenvalue weighted by atomic mass is 127. The molecule has 2 rings (SSSR count). The monoisotopic (exact) mass is 506 g/mol. The van der Waals surface area contributed by atoms with Crippen molar-refractivity contribution < 1.29 is 8.42 Å². The van der Waals surface area contributed by atoms with Gasteiger partial charge in [0, 0.05) is 27.2 Å². The summed E-state index contributed by atoms with van der Waals surface area (Å²) < 4.78 is 25.3. The summed E-state index contributed by atoms with van der Waals surface area (Å²) in [5.41, 5.74) is 2.05. The normalized spacial score (nSPS) is 11.7. The highest BCUT2D eigenvalue weighted by Crippen LogP contribution is 2.16. The summed E-state index contributed by atoms with van der Waals surface area (Å²) in [6, 6.07) is 10.0. The molecule has 0 saturated heterocycles. The van der Waals surface area contributed by atoms with Crippen molar-refractivity contribution in [1.29, 1.82) is 0 Å². The van der Waals surface area contributed by atoms with Gasteiger partial charge in [0.1, 0.15) is 5.82 Å². The van der Waals surface area contributed by atoms with Gasteiger partial charge in [-0.25, -0.2) is 18.1 Å². The zero-order chi connectivity index (χ0) is 19.0. The van der Waals surface area contributed by atoms with Crippen molar-refractivity contribution in [3.05, 3.63) is 42.4 Å². The van der Waals surface area contributed by atoms with Crippen LogP contribution in [0.1, 0.15) is 12.7 Å². The molecule has 27 heavy (non-hydrogen) atoms. The zero-order valence-corrected chi connectivity index (χ0v) is 18.9. The molecule has 0 aliphatic carbocycles. The Bertz CT molecular complexity index is 823. The fourth-order valence-corrected chi connectivity index (χ4v) is 2.99. The number of aromatic amines is 1. The zero-order valence-electron chi connectivity index (χ0n) is 15.8. The lowest BCUT2D eigenvalue weighted by molar-refractivity contribution is 0.464. The summed E-state index contributed by atoms with van der Waals surface area (Å²) in [5.74, 6) is 1.56. The van der Waals surface area contributed by atoms with Crippen molar-refractivity contribution in [1.82, 2.24) is 24.9 Å². The molecule has 0 radical (unpaired) electrons. The molecule has 0 saturated carbocycles. The van der Waals surface area contributed by atoms with Crippen LogP contribution >= 0.6 is 24.0 Å². The van der Waals surface area contributed by atoms with Crippen LogP contribution in [-0.2, 0) is 16.6 Å². The lowest BCUT2D eigenvalue weighted by Gasteiger charge is -2.21. The summed E-state index contributed by atoms with van der Waals surface area (Å²) in [6.45, 7) is 2.91. The summed E-state index contributed by atoms with van der Waals surface area (Å²) in [5, 5.41) is 3.13. The third kappa shape index (κ3) is 7.46. The van der Waals surface area contributed by atoms with Crippen molar-refractivity contribution in [3.63, 3.8) is 0 Å². The number of sulfonamides is 1. The minimum atomic E-state index is -3.18. The number of imidazole rings is 1. The number of nitrogens with zero attached hydrogens (tertiary/aromatic N) is 3. The Morgan fingerprint density at radius 3 is 2.59 bits per heavy atom. The first-order valence-corrected chi connectivity index (χ1v) is 10.1. The van der Waals surface area contributed by atoms with Gasteiger partial charge in [-0.05, 0) is 12.5 Å². The molecule has 1 aromatic carbocycles. The van der Waals surface area contributed by atoms with Crippen LogP contribution in [0.4, 0.5) is 0 Å². The number of hydrogen-bond donors (Lipinski definition) is 3. The third-order valence-corrected chi connectivity index (χ3v) is 5.19. The molecular formula is C17H27IN6O2S. The number of hydrogen-bond acceptors (Lipinski definition) is 4. The van der Waals surface area contributed by atoms with E-state index in [1.54, 1.807) is 14.0 Å². The molecule has 10 heteroatoms. The van der Waals surface area contributed by atoms with Gasteiger partial charge in [-0.3, -0.25) is 4.99 Å². The van der Waals surface area contributed by atoms with Crippen molar-refractivity contribution >= 4 is 40.0 Å². The molecule has 0 spiro atoms. The predicted octanol–water partition coefficient (Wildman–Crippen LogP) is 1.64. The van der Waals surface area contributed by atoms with Crippen LogP contribution in [0.15, 0.2) is 41.5 Å². The average Bonchev–Trinajstić information content (AvgIpc) is 3.11. The standard InChI is InChI=1S/C17H26N6O2S.HI/c1-4-26(24,25)21-11-10-19-17(18-2)23(3)13-16-20-12-15(22-16)14-8-6-5-7-9-14;/h5-9,12,21H,4,10-11,13H2,1-3H3,(H,18,19)(H,20,22);1H. The van der Waals surface area contributed by atoms with Gasteiger partial charge in [-0.15, -0.1) is 24.0 Å². The number of nitrogens with one attached hydrogen (secondary N) is 3. The largest absolute Gasteiger partial charge is 0.355 e. The number of rotatable bonds is 8. The number of aromatic nitrogens is 2. The van der Waals surface area contributed by atoms with E-state index in [1.807, 2.05) is 48.5 Å². The maximum absolute atomic E-state index is 11.4. The van der Waals surface area contributed by atoms with Crippen LogP contribution < -0.4 is 10.0 Å². The smallest absolute Gasteiger partial charge is 0.211 e. The Morgan fingerprint density at radius 1 is 1.26 bits per heavy atom. The van der Waals surface area contributed by atoms with Crippen molar-refractivity contribution in [2.75, 3.05) is 32.9 Å². The van der Waals surface area contributed by atoms with E-state index in [9.17, 15) is 8.42 Å². The van der Waals surface area contributed by atoms with Crippen LogP contribution in [0.2, 0.25) is 0 Å². The summed E-state index contributed by atoms with van der Waals surface area (Å²) in [7, 11) is 0.411. The molecule has 150 valence electrons. The van der Waals surface area contributed by atoms with Gasteiger partial charge in [-0.1, -0.05) is 30.3 Å². The number of benzene rings is 1. The fourth-order valence-electron chi connectivity index (χ4n) is 2.37. The molecule has 3 N–H and O–H groups in total. The second-order valence-electron chi connectivity index (χ2n) is 5.74. The van der Waals surface area contributed by atoms with Crippen LogP contribution in [0.5, 0.6) is 0 Å². The molecule has 1 aromatic heterocycles. The highest BCUT2D eigenvalue weighted by Gasteiger charge is 2.10. The van der Waals surface area contributed by atoms with Gasteiger partial charge in [0.05, 0.1) is 24.2 Å². The minimum Gasteiger partial charge on any atom is -0.355 e. The molecule has 0 atom stereocenters. The third-order valence-electron chi connectivity index (χ3n) is 3.78. The number of aliphatic imine (C=N–C) groups is 1. The molecule has 8 nitrogen and oxygen atoms in total. The topological polar surface area (TPSA) is 102 Å². The Balaban J connectivity index is 0.00000364. The van der Waals surface area contributed by atoms with E-state index in [0.717, 1.165) is 17.1 Å². The van der Waals surface area contributed by atoms with Gasteiger partial charge in [0.25, 0.3) is 0 Å². The first-order valence-electron chi connectivity index (χ1n) is 8.43. The molecule has 0 aliphatic rings. The van der Waals surface area contributed by atoms with Crippen LogP contribution in [-0.4, -0.2) is 62.2 Å². The quantitative estimate of drug-likeness (QED) is 0.219. The van der Waals surface area contributed by atoms with Gasteiger partial charge < -0.3 is 15.2 Å². The Labute approximate surface area is 177 Å². The molecule has 0 fully saturated rings. The molecule has 1 heterocycles. The summed E-state index contributed by atoms with van der Waals surface area (Å²) in [6.07, 6.45) is 1.81. The van der Waals surface area contributed by atoms with E-state index in [-0.39, 0.29) is 29.7 Å². The second-order valence-corrected chi connectivity index (χ2v) is 7.83. The van der Waals surface area contributed by atoms with E-state index in [1.165, 1.54) is 0 Å². The van der Waals surface area contributed by atoms with Crippen LogP contribution in [0.3, 0.4) is 0 Å². The second kappa shape index (κ2) is 11.2. The number of H-pyrrole nitrogens is 1. The molecule has 0 amide bonds. The average molecular weight is 506 g/mol. The molecule has 0 unspecified atom stereocenters. The van der Waals surface area contributed by atoms with Gasteiger partial charge in [-0.2, -0.15) is 0 Å². The van der Waals surface area contributed by atoms with E-state index in [4.69, 9.17) is 0 Å². The van der Waals surface area contributed by atoms with Gasteiger partial charge in [0.2, 0.25) is 10.0 Å². The van der Waals surface area contributed by atoms with E-state index < -0.39 is 10.0 Å². The van der Waals surface area contributed by atoms with E-state index >= 15 is 0 Å². The van der Waals surface area contributed by atoms with Gasteiger partial charge >= 0.3 is 0 Å². The van der Waals surface area contributed by atoms with Crippen LogP contribution in [0, 0.1) is 0 Å².